The SMILES string of the molecule is COc1ccc2[nH]cc(C3CCN(C(=O)C4CCCN4)CC3)c2c1.Cl. The summed E-state index contributed by atoms with van der Waals surface area (Å²) in [6.45, 7) is 2.70. The molecule has 1 aromatic carbocycles. The molecule has 3 heterocycles. The molecule has 2 aromatic rings. The van der Waals surface area contributed by atoms with Gasteiger partial charge in [0.15, 0.2) is 0 Å². The van der Waals surface area contributed by atoms with Crippen LogP contribution in [0.4, 0.5) is 0 Å². The maximum atomic E-state index is 12.5. The second kappa shape index (κ2) is 7.67. The van der Waals surface area contributed by atoms with Crippen LogP contribution in [-0.2, 0) is 4.79 Å². The Balaban J connectivity index is 0.00000182. The van der Waals surface area contributed by atoms with Crippen LogP contribution in [0.25, 0.3) is 10.9 Å². The summed E-state index contributed by atoms with van der Waals surface area (Å²) in [4.78, 5) is 18.0. The predicted octanol–water partition coefficient (Wildman–Crippen LogP) is 3.06. The number of aromatic nitrogens is 1. The molecule has 25 heavy (non-hydrogen) atoms. The lowest BCUT2D eigenvalue weighted by Crippen LogP contribution is -2.46. The summed E-state index contributed by atoms with van der Waals surface area (Å²) in [5.74, 6) is 1.70. The van der Waals surface area contributed by atoms with Crippen LogP contribution in [0, 0.1) is 0 Å². The number of aromatic amines is 1. The first kappa shape index (κ1) is 18.1. The highest BCUT2D eigenvalue weighted by Gasteiger charge is 2.30. The monoisotopic (exact) mass is 363 g/mol. The number of ether oxygens (including phenoxy) is 1. The molecule has 1 aromatic heterocycles. The van der Waals surface area contributed by atoms with Crippen LogP contribution in [0.3, 0.4) is 0 Å². The predicted molar refractivity (Wildman–Crippen MR) is 102 cm³/mol. The molecule has 1 unspecified atom stereocenters. The van der Waals surface area contributed by atoms with Gasteiger partial charge in [-0.3, -0.25) is 4.79 Å². The molecule has 136 valence electrons. The average molecular weight is 364 g/mol. The van der Waals surface area contributed by atoms with Gasteiger partial charge in [-0.2, -0.15) is 0 Å². The van der Waals surface area contributed by atoms with E-state index in [2.05, 4.69) is 33.5 Å². The summed E-state index contributed by atoms with van der Waals surface area (Å²) in [6.07, 6.45) is 6.29. The molecule has 1 atom stereocenters. The maximum absolute atomic E-state index is 12.5. The van der Waals surface area contributed by atoms with Gasteiger partial charge >= 0.3 is 0 Å². The Bertz CT molecular complexity index is 731. The van der Waals surface area contributed by atoms with Crippen molar-refractivity contribution in [3.05, 3.63) is 30.0 Å². The summed E-state index contributed by atoms with van der Waals surface area (Å²) < 4.78 is 5.37. The number of hydrogen-bond donors (Lipinski definition) is 2. The molecular weight excluding hydrogens is 338 g/mol. The van der Waals surface area contributed by atoms with Crippen LogP contribution in [0.1, 0.15) is 37.2 Å². The summed E-state index contributed by atoms with van der Waals surface area (Å²) in [7, 11) is 1.70. The summed E-state index contributed by atoms with van der Waals surface area (Å²) in [5, 5.41) is 4.57. The van der Waals surface area contributed by atoms with E-state index in [1.165, 1.54) is 10.9 Å². The molecule has 1 amide bonds. The Morgan fingerprint density at radius 3 is 2.72 bits per heavy atom. The van der Waals surface area contributed by atoms with E-state index in [0.717, 1.165) is 56.6 Å². The van der Waals surface area contributed by atoms with E-state index in [4.69, 9.17) is 4.74 Å². The third-order valence-electron chi connectivity index (χ3n) is 5.53. The lowest BCUT2D eigenvalue weighted by molar-refractivity contribution is -0.134. The fourth-order valence-corrected chi connectivity index (χ4v) is 4.11. The van der Waals surface area contributed by atoms with Crippen molar-refractivity contribution in [1.29, 1.82) is 0 Å². The van der Waals surface area contributed by atoms with Gasteiger partial charge in [0.05, 0.1) is 13.2 Å². The summed E-state index contributed by atoms with van der Waals surface area (Å²) in [6, 6.07) is 6.22. The second-order valence-electron chi connectivity index (χ2n) is 6.90. The molecule has 0 saturated carbocycles. The highest BCUT2D eigenvalue weighted by molar-refractivity contribution is 5.86. The van der Waals surface area contributed by atoms with E-state index in [-0.39, 0.29) is 18.4 Å². The van der Waals surface area contributed by atoms with Crippen molar-refractivity contribution in [2.24, 2.45) is 0 Å². The van der Waals surface area contributed by atoms with Gasteiger partial charge in [-0.1, -0.05) is 0 Å². The molecule has 2 aliphatic rings. The van der Waals surface area contributed by atoms with Gasteiger partial charge in [0, 0.05) is 30.2 Å². The molecule has 0 aliphatic carbocycles. The molecule has 2 aliphatic heterocycles. The zero-order valence-corrected chi connectivity index (χ0v) is 15.4. The quantitative estimate of drug-likeness (QED) is 0.881. The van der Waals surface area contributed by atoms with Crippen LogP contribution in [0.5, 0.6) is 5.75 Å². The number of halogens is 1. The number of carbonyl (C=O) groups excluding carboxylic acids is 1. The number of benzene rings is 1. The van der Waals surface area contributed by atoms with E-state index in [1.807, 2.05) is 6.07 Å². The van der Waals surface area contributed by atoms with E-state index >= 15 is 0 Å². The minimum absolute atomic E-state index is 0. The van der Waals surface area contributed by atoms with Crippen molar-refractivity contribution in [2.45, 2.75) is 37.6 Å². The fraction of sp³-hybridized carbons (Fsp3) is 0.526. The largest absolute Gasteiger partial charge is 0.497 e. The highest BCUT2D eigenvalue weighted by Crippen LogP contribution is 2.34. The Morgan fingerprint density at radius 1 is 1.24 bits per heavy atom. The average Bonchev–Trinajstić information content (AvgIpc) is 3.30. The molecule has 0 radical (unpaired) electrons. The van der Waals surface area contributed by atoms with Crippen LogP contribution in [-0.4, -0.2) is 48.6 Å². The molecule has 2 saturated heterocycles. The van der Waals surface area contributed by atoms with Gasteiger partial charge in [-0.25, -0.2) is 0 Å². The number of piperidine rings is 1. The van der Waals surface area contributed by atoms with Crippen molar-refractivity contribution in [3.8, 4) is 5.75 Å². The Hall–Kier alpha value is -1.72. The number of likely N-dealkylation sites (tertiary alicyclic amines) is 1. The number of hydrogen-bond acceptors (Lipinski definition) is 3. The third kappa shape index (κ3) is 3.48. The van der Waals surface area contributed by atoms with Crippen LogP contribution < -0.4 is 10.1 Å². The molecule has 2 fully saturated rings. The molecule has 0 spiro atoms. The topological polar surface area (TPSA) is 57.4 Å². The number of fused-ring (bicyclic) bond motifs is 1. The standard InChI is InChI=1S/C19H25N3O2.ClH/c1-24-14-4-5-17-15(11-14)16(12-21-17)13-6-9-22(10-7-13)19(23)18-3-2-8-20-18;/h4-5,11-13,18,20-21H,2-3,6-10H2,1H3;1H. The van der Waals surface area contributed by atoms with Crippen molar-refractivity contribution >= 4 is 29.2 Å². The van der Waals surface area contributed by atoms with Gasteiger partial charge in [-0.05, 0) is 61.9 Å². The van der Waals surface area contributed by atoms with Gasteiger partial charge < -0.3 is 19.9 Å². The summed E-state index contributed by atoms with van der Waals surface area (Å²) >= 11 is 0. The van der Waals surface area contributed by atoms with Crippen LogP contribution in [0.15, 0.2) is 24.4 Å². The van der Waals surface area contributed by atoms with Crippen LogP contribution in [0.2, 0.25) is 0 Å². The number of H-pyrrole nitrogens is 1. The lowest BCUT2D eigenvalue weighted by Gasteiger charge is -2.33. The smallest absolute Gasteiger partial charge is 0.239 e. The first-order valence-corrected chi connectivity index (χ1v) is 8.93. The fourth-order valence-electron chi connectivity index (χ4n) is 4.11. The number of amides is 1. The van der Waals surface area contributed by atoms with E-state index < -0.39 is 0 Å². The Morgan fingerprint density at radius 2 is 2.04 bits per heavy atom. The summed E-state index contributed by atoms with van der Waals surface area (Å²) in [5.41, 5.74) is 2.51. The van der Waals surface area contributed by atoms with Crippen molar-refractivity contribution in [3.63, 3.8) is 0 Å². The molecule has 0 bridgehead atoms. The zero-order chi connectivity index (χ0) is 16.5. The highest BCUT2D eigenvalue weighted by atomic mass is 35.5. The normalized spacial score (nSPS) is 21.3. The van der Waals surface area contributed by atoms with Gasteiger partial charge in [-0.15, -0.1) is 12.4 Å². The number of rotatable bonds is 3. The third-order valence-corrected chi connectivity index (χ3v) is 5.53. The first-order chi connectivity index (χ1) is 11.8. The molecule has 6 heteroatoms. The molecule has 2 N–H and O–H groups in total. The first-order valence-electron chi connectivity index (χ1n) is 8.93. The van der Waals surface area contributed by atoms with Crippen molar-refractivity contribution in [1.82, 2.24) is 15.2 Å². The van der Waals surface area contributed by atoms with Gasteiger partial charge in [0.2, 0.25) is 5.91 Å². The Kier molecular flexibility index (Phi) is 5.54. The van der Waals surface area contributed by atoms with Crippen molar-refractivity contribution < 1.29 is 9.53 Å². The lowest BCUT2D eigenvalue weighted by atomic mass is 9.89. The zero-order valence-electron chi connectivity index (χ0n) is 14.6. The molecule has 5 nitrogen and oxygen atoms in total. The van der Waals surface area contributed by atoms with Gasteiger partial charge in [0.25, 0.3) is 0 Å². The minimum Gasteiger partial charge on any atom is -0.497 e. The van der Waals surface area contributed by atoms with E-state index in [9.17, 15) is 4.79 Å². The minimum atomic E-state index is 0. The van der Waals surface area contributed by atoms with E-state index in [0.29, 0.717) is 11.8 Å². The number of nitrogens with zero attached hydrogens (tertiary/aromatic N) is 1. The van der Waals surface area contributed by atoms with Crippen LogP contribution >= 0.6 is 12.4 Å². The number of carbonyl (C=O) groups is 1. The van der Waals surface area contributed by atoms with Gasteiger partial charge in [0.1, 0.15) is 5.75 Å². The van der Waals surface area contributed by atoms with E-state index in [1.54, 1.807) is 7.11 Å². The Labute approximate surface area is 154 Å². The second-order valence-corrected chi connectivity index (χ2v) is 6.90. The molecule has 4 rings (SSSR count). The maximum Gasteiger partial charge on any atom is 0.239 e. The molecular formula is C19H26ClN3O2. The number of nitrogens with one attached hydrogen (secondary N) is 2. The van der Waals surface area contributed by atoms with Crippen molar-refractivity contribution in [2.75, 3.05) is 26.7 Å². The number of methoxy groups -OCH3 is 1.